The molecule has 0 spiro atoms. The number of carbonyl (C=O) groups is 2. The van der Waals surface area contributed by atoms with Gasteiger partial charge in [0, 0.05) is 16.7 Å². The van der Waals surface area contributed by atoms with Gasteiger partial charge in [0.1, 0.15) is 11.8 Å². The lowest BCUT2D eigenvalue weighted by Gasteiger charge is -2.22. The summed E-state index contributed by atoms with van der Waals surface area (Å²) in [7, 11) is 0. The molecule has 0 saturated carbocycles. The molecule has 182 valence electrons. The third-order valence-electron chi connectivity index (χ3n) is 4.46. The summed E-state index contributed by atoms with van der Waals surface area (Å²) < 4.78 is 5.93. The fourth-order valence-corrected chi connectivity index (χ4v) is 3.65. The largest absolute Gasteiger partial charge is 0.479 e. The molecule has 0 fully saturated rings. The van der Waals surface area contributed by atoms with E-state index in [1.165, 1.54) is 31.3 Å². The number of rotatable bonds is 10. The summed E-state index contributed by atoms with van der Waals surface area (Å²) in [6.45, 7) is 5.34. The number of nitrogens with one attached hydrogen (secondary N) is 2. The first-order valence-electron chi connectivity index (χ1n) is 10.2. The van der Waals surface area contributed by atoms with Crippen molar-refractivity contribution < 1.29 is 19.2 Å². The van der Waals surface area contributed by atoms with Crippen molar-refractivity contribution in [2.24, 2.45) is 11.0 Å². The van der Waals surface area contributed by atoms with E-state index >= 15 is 0 Å². The Morgan fingerprint density at radius 2 is 1.88 bits per heavy atom. The Kier molecular flexibility index (Phi) is 10.3. The highest BCUT2D eigenvalue weighted by molar-refractivity contribution is 9.10. The molecule has 0 aliphatic heterocycles. The number of benzene rings is 2. The minimum atomic E-state index is -0.937. The number of hydrogen-bond donors (Lipinski definition) is 2. The second kappa shape index (κ2) is 12.7. The summed E-state index contributed by atoms with van der Waals surface area (Å²) in [5.74, 6) is -0.677. The van der Waals surface area contributed by atoms with Gasteiger partial charge in [0.25, 0.3) is 17.5 Å². The van der Waals surface area contributed by atoms with Gasteiger partial charge in [-0.05, 0) is 59.5 Å². The zero-order valence-corrected chi connectivity index (χ0v) is 21.6. The Bertz CT molecular complexity index is 1100. The molecule has 9 nitrogen and oxygen atoms in total. The molecule has 0 saturated heterocycles. The average molecular weight is 574 g/mol. The van der Waals surface area contributed by atoms with Crippen molar-refractivity contribution in [1.29, 1.82) is 0 Å². The average Bonchev–Trinajstić information content (AvgIpc) is 2.75. The van der Waals surface area contributed by atoms with Crippen LogP contribution in [0, 0.1) is 16.0 Å². The standard InChI is InChI=1S/C22H23BrCl2N4O5/c1-12(2)8-18(27-21(30)13(3)34-20-7-5-15(24)10-17(20)25)22(31)28-26-11-14-4-6-16(23)19(9-14)29(32)33/h4-7,9-13,18H,8H2,1-3H3,(H,27,30)(H,28,31)/b26-11-/t13-,18-/m1/s1. The maximum atomic E-state index is 12.7. The van der Waals surface area contributed by atoms with Crippen LogP contribution in [0.25, 0.3) is 0 Å². The summed E-state index contributed by atoms with van der Waals surface area (Å²) in [6, 6.07) is 8.17. The minimum Gasteiger partial charge on any atom is -0.479 e. The van der Waals surface area contributed by atoms with E-state index in [1.54, 1.807) is 18.2 Å². The number of ether oxygens (including phenoxy) is 1. The molecular formula is C22H23BrCl2N4O5. The number of nitro groups is 1. The number of nitro benzene ring substituents is 1. The predicted molar refractivity (Wildman–Crippen MR) is 134 cm³/mol. The first kappa shape index (κ1) is 27.6. The Labute approximate surface area is 215 Å². The molecule has 34 heavy (non-hydrogen) atoms. The molecule has 0 bridgehead atoms. The van der Waals surface area contributed by atoms with E-state index in [9.17, 15) is 19.7 Å². The molecule has 0 aliphatic rings. The van der Waals surface area contributed by atoms with Crippen LogP contribution in [-0.2, 0) is 9.59 Å². The number of halogens is 3. The quantitative estimate of drug-likeness (QED) is 0.232. The van der Waals surface area contributed by atoms with E-state index in [-0.39, 0.29) is 22.4 Å². The molecule has 2 amide bonds. The van der Waals surface area contributed by atoms with Crippen molar-refractivity contribution >= 4 is 62.8 Å². The van der Waals surface area contributed by atoms with Crippen molar-refractivity contribution in [3.63, 3.8) is 0 Å². The van der Waals surface area contributed by atoms with Gasteiger partial charge in [-0.2, -0.15) is 5.10 Å². The number of hydrazone groups is 1. The Balaban J connectivity index is 2.04. The number of amides is 2. The van der Waals surface area contributed by atoms with Crippen molar-refractivity contribution in [2.75, 3.05) is 0 Å². The molecule has 2 N–H and O–H groups in total. The fourth-order valence-electron chi connectivity index (χ4n) is 2.81. The van der Waals surface area contributed by atoms with Crippen molar-refractivity contribution in [1.82, 2.24) is 10.7 Å². The van der Waals surface area contributed by atoms with Crippen LogP contribution in [0.2, 0.25) is 10.0 Å². The fraction of sp³-hybridized carbons (Fsp3) is 0.318. The third kappa shape index (κ3) is 8.27. The van der Waals surface area contributed by atoms with Gasteiger partial charge >= 0.3 is 0 Å². The molecule has 2 aromatic carbocycles. The van der Waals surface area contributed by atoms with E-state index in [0.717, 1.165) is 0 Å². The lowest BCUT2D eigenvalue weighted by Crippen LogP contribution is -2.49. The maximum absolute atomic E-state index is 12.7. The van der Waals surface area contributed by atoms with Gasteiger partial charge in [-0.15, -0.1) is 0 Å². The topological polar surface area (TPSA) is 123 Å². The van der Waals surface area contributed by atoms with Gasteiger partial charge in [0.05, 0.1) is 20.6 Å². The second-order valence-electron chi connectivity index (χ2n) is 7.73. The highest BCUT2D eigenvalue weighted by Gasteiger charge is 2.25. The summed E-state index contributed by atoms with van der Waals surface area (Å²) in [5.41, 5.74) is 2.66. The first-order chi connectivity index (χ1) is 16.0. The molecule has 2 atom stereocenters. The second-order valence-corrected chi connectivity index (χ2v) is 9.43. The third-order valence-corrected chi connectivity index (χ3v) is 5.66. The monoisotopic (exact) mass is 572 g/mol. The molecule has 0 radical (unpaired) electrons. The molecule has 12 heteroatoms. The summed E-state index contributed by atoms with van der Waals surface area (Å²) >= 11 is 15.1. The molecule has 0 heterocycles. The van der Waals surface area contributed by atoms with Gasteiger partial charge in [-0.25, -0.2) is 5.43 Å². The van der Waals surface area contributed by atoms with Crippen LogP contribution in [0.15, 0.2) is 46.0 Å². The van der Waals surface area contributed by atoms with E-state index < -0.39 is 28.9 Å². The summed E-state index contributed by atoms with van der Waals surface area (Å²) in [6.07, 6.45) is 0.693. The van der Waals surface area contributed by atoms with E-state index in [0.29, 0.717) is 21.5 Å². The molecule has 0 aromatic heterocycles. The van der Waals surface area contributed by atoms with Crippen LogP contribution in [0.5, 0.6) is 5.75 Å². The van der Waals surface area contributed by atoms with Gasteiger partial charge in [0.2, 0.25) is 0 Å². The van der Waals surface area contributed by atoms with Crippen LogP contribution < -0.4 is 15.5 Å². The predicted octanol–water partition coefficient (Wildman–Crippen LogP) is 5.11. The zero-order valence-electron chi connectivity index (χ0n) is 18.6. The lowest BCUT2D eigenvalue weighted by atomic mass is 10.0. The minimum absolute atomic E-state index is 0.0936. The van der Waals surface area contributed by atoms with Gasteiger partial charge in [0.15, 0.2) is 6.10 Å². The number of nitrogens with zero attached hydrogens (tertiary/aromatic N) is 2. The summed E-state index contributed by atoms with van der Waals surface area (Å²) in [5, 5.41) is 18.3. The zero-order chi connectivity index (χ0) is 25.4. The first-order valence-corrected chi connectivity index (χ1v) is 11.7. The van der Waals surface area contributed by atoms with Crippen LogP contribution >= 0.6 is 39.1 Å². The summed E-state index contributed by atoms with van der Waals surface area (Å²) in [4.78, 5) is 35.9. The SMILES string of the molecule is CC(C)C[C@@H](NC(=O)[C@@H](C)Oc1ccc(Cl)cc1Cl)C(=O)N/N=C\c1ccc(Br)c([N+](=O)[O-])c1. The molecule has 2 rings (SSSR count). The van der Waals surface area contributed by atoms with Crippen molar-refractivity contribution in [3.05, 3.63) is 66.6 Å². The van der Waals surface area contributed by atoms with E-state index in [2.05, 4.69) is 31.8 Å². The van der Waals surface area contributed by atoms with Gasteiger partial charge < -0.3 is 10.1 Å². The van der Waals surface area contributed by atoms with Crippen LogP contribution in [0.3, 0.4) is 0 Å². The van der Waals surface area contributed by atoms with Gasteiger partial charge in [-0.1, -0.05) is 43.1 Å². The lowest BCUT2D eigenvalue weighted by molar-refractivity contribution is -0.385. The van der Waals surface area contributed by atoms with Gasteiger partial charge in [-0.3, -0.25) is 19.7 Å². The molecule has 2 aromatic rings. The van der Waals surface area contributed by atoms with Crippen molar-refractivity contribution in [3.8, 4) is 5.75 Å². The van der Waals surface area contributed by atoms with Crippen LogP contribution in [-0.4, -0.2) is 35.1 Å². The smallest absolute Gasteiger partial charge is 0.284 e. The maximum Gasteiger partial charge on any atom is 0.284 e. The highest BCUT2D eigenvalue weighted by Crippen LogP contribution is 2.28. The number of hydrogen-bond acceptors (Lipinski definition) is 6. The normalized spacial score (nSPS) is 12.9. The Hall–Kier alpha value is -2.69. The Morgan fingerprint density at radius 3 is 2.50 bits per heavy atom. The van der Waals surface area contributed by atoms with E-state index in [4.69, 9.17) is 27.9 Å². The Morgan fingerprint density at radius 1 is 1.18 bits per heavy atom. The molecule has 0 unspecified atom stereocenters. The molecular weight excluding hydrogens is 551 g/mol. The number of carbonyl (C=O) groups excluding carboxylic acids is 2. The van der Waals surface area contributed by atoms with Crippen LogP contribution in [0.1, 0.15) is 32.8 Å². The van der Waals surface area contributed by atoms with Crippen LogP contribution in [0.4, 0.5) is 5.69 Å². The highest BCUT2D eigenvalue weighted by atomic mass is 79.9. The molecule has 0 aliphatic carbocycles. The van der Waals surface area contributed by atoms with E-state index in [1.807, 2.05) is 13.8 Å². The van der Waals surface area contributed by atoms with Crippen molar-refractivity contribution in [2.45, 2.75) is 39.3 Å².